The van der Waals surface area contributed by atoms with E-state index in [1.807, 2.05) is 0 Å². The number of hydrogen-bond donors (Lipinski definition) is 0. The third-order valence-electron chi connectivity index (χ3n) is 0.379. The molecule has 0 aliphatic heterocycles. The van der Waals surface area contributed by atoms with Gasteiger partial charge in [-0.05, 0) is 0 Å². The fraction of sp³-hybridized carbons (Fsp3) is 0.667. The molecule has 0 rings (SSSR count). The summed E-state index contributed by atoms with van der Waals surface area (Å²) in [6, 6.07) is 0. The van der Waals surface area contributed by atoms with Crippen LogP contribution in [0.2, 0.25) is 0 Å². The maximum absolute atomic E-state index is 11.0. The molecule has 0 saturated heterocycles. The third-order valence-corrected chi connectivity index (χ3v) is 0.379. The first-order valence-corrected chi connectivity index (χ1v) is 1.54. The van der Waals surface area contributed by atoms with Gasteiger partial charge in [-0.3, -0.25) is 4.70 Å². The van der Waals surface area contributed by atoms with Crippen molar-refractivity contribution in [3.8, 4) is 0 Å². The van der Waals surface area contributed by atoms with E-state index in [0.717, 1.165) is 7.11 Å². The molecule has 60 valence electrons. The van der Waals surface area contributed by atoms with Gasteiger partial charge in [-0.1, -0.05) is 0 Å². The summed E-state index contributed by atoms with van der Waals surface area (Å²) in [6.07, 6.45) is -3.00. The van der Waals surface area contributed by atoms with Gasteiger partial charge in [0.25, 0.3) is 0 Å². The van der Waals surface area contributed by atoms with Crippen molar-refractivity contribution < 1.29 is 23.0 Å². The van der Waals surface area contributed by atoms with Crippen molar-refractivity contribution in [2.24, 2.45) is 0 Å². The number of hydrogen-bond acceptors (Lipinski definition) is 2. The maximum atomic E-state index is 11.0. The van der Waals surface area contributed by atoms with Crippen LogP contribution in [-0.4, -0.2) is 70.9 Å². The van der Waals surface area contributed by atoms with Crippen molar-refractivity contribution >= 4 is 69.8 Å². The third kappa shape index (κ3) is 11.9. The Kier molecular flexibility index (Phi) is 28.8. The molecule has 0 amide bonds. The molecule has 0 heterocycles. The van der Waals surface area contributed by atoms with E-state index in [2.05, 4.69) is 4.74 Å². The van der Waals surface area contributed by atoms with Crippen LogP contribution in [-0.2, 0) is 9.53 Å². The molecule has 0 aromatic rings. The van der Waals surface area contributed by atoms with Gasteiger partial charge in [-0.25, -0.2) is 4.79 Å². The zero-order valence-electron chi connectivity index (χ0n) is 4.47. The summed E-state index contributed by atoms with van der Waals surface area (Å²) in [6.45, 7) is 0. The average molecular weight is 207 g/mol. The van der Waals surface area contributed by atoms with E-state index in [4.69, 9.17) is 0 Å². The number of esters is 1. The summed E-state index contributed by atoms with van der Waals surface area (Å²) in [4.78, 5) is 9.54. The molecular weight excluding hydrogens is 200 g/mol. The van der Waals surface area contributed by atoms with E-state index in [9.17, 15) is 13.6 Å². The van der Waals surface area contributed by atoms with Crippen LogP contribution in [0.3, 0.4) is 0 Å². The molecule has 0 aromatic carbocycles. The summed E-state index contributed by atoms with van der Waals surface area (Å²) in [7, 11) is 0.911. The predicted octanol–water partition coefficient (Wildman–Crippen LogP) is 0.350. The molecule has 0 aliphatic rings. The second-order valence-corrected chi connectivity index (χ2v) is 0.824. The van der Waals surface area contributed by atoms with Crippen LogP contribution in [0, 0.1) is 0 Å². The number of rotatable bonds is 1. The fourth-order valence-electron chi connectivity index (χ4n) is 0.0891. The molecule has 0 aromatic heterocycles. The van der Waals surface area contributed by atoms with Gasteiger partial charge < -0.3 is 4.74 Å². The molecule has 0 N–H and O–H groups in total. The summed E-state index contributed by atoms with van der Waals surface area (Å²) in [5, 5.41) is 0. The molecule has 0 unspecified atom stereocenters. The van der Waals surface area contributed by atoms with Crippen LogP contribution in [0.15, 0.2) is 0 Å². The normalized spacial score (nSPS) is 6.40. The van der Waals surface area contributed by atoms with Crippen LogP contribution in [0.25, 0.3) is 0 Å². The van der Waals surface area contributed by atoms with Gasteiger partial charge in [0.1, 0.15) is 0 Å². The summed E-state index contributed by atoms with van der Waals surface area (Å²) >= 11 is 0. The molecule has 2 nitrogen and oxygen atoms in total. The van der Waals surface area contributed by atoms with E-state index >= 15 is 0 Å². The zero-order valence-corrected chi connectivity index (χ0v) is 5.28. The van der Waals surface area contributed by atoms with Gasteiger partial charge in [0.05, 0.1) is 7.11 Å². The quantitative estimate of drug-likeness (QED) is 0.457. The summed E-state index contributed by atoms with van der Waals surface area (Å²) in [5.41, 5.74) is 0. The molecule has 0 saturated carbocycles. The van der Waals surface area contributed by atoms with Crippen molar-refractivity contribution in [3.05, 3.63) is 0 Å². The number of carbonyl (C=O) groups excluding carboxylic acids is 1. The SMILES string of the molecule is COC(=O)C(F)F.Cl.F.[KH]. The Balaban J connectivity index is -0.0000000600. The molecular formula is C3H7ClF3KO2. The molecule has 0 bridgehead atoms. The number of methoxy groups -OCH3 is 1. The molecule has 0 atom stereocenters. The van der Waals surface area contributed by atoms with Crippen molar-refractivity contribution in [3.63, 3.8) is 0 Å². The van der Waals surface area contributed by atoms with Crippen LogP contribution in [0.4, 0.5) is 13.5 Å². The summed E-state index contributed by atoms with van der Waals surface area (Å²) in [5.74, 6) is -1.49. The minimum absolute atomic E-state index is 0. The Morgan fingerprint density at radius 2 is 1.80 bits per heavy atom. The van der Waals surface area contributed by atoms with Crippen LogP contribution < -0.4 is 0 Å². The molecule has 0 aliphatic carbocycles. The molecule has 0 spiro atoms. The second kappa shape index (κ2) is 12.8. The van der Waals surface area contributed by atoms with E-state index in [1.165, 1.54) is 0 Å². The molecule has 7 heteroatoms. The Bertz CT molecular complexity index is 82.1. The number of halogens is 4. The Hall–Kier alpha value is 1.19. The second-order valence-electron chi connectivity index (χ2n) is 0.824. The van der Waals surface area contributed by atoms with Crippen LogP contribution >= 0.6 is 12.4 Å². The standard InChI is InChI=1S/C3H4F2O2.ClH.FH.K.H/c1-7-3(6)2(4)5;;;;/h2H,1H3;2*1H;;. The first-order valence-electron chi connectivity index (χ1n) is 1.54. The first-order chi connectivity index (χ1) is 3.18. The molecule has 0 fully saturated rings. The Morgan fingerprint density at radius 1 is 1.50 bits per heavy atom. The minimum atomic E-state index is -3.00. The Morgan fingerprint density at radius 3 is 1.80 bits per heavy atom. The number of alkyl halides is 2. The molecule has 10 heavy (non-hydrogen) atoms. The number of ether oxygens (including phenoxy) is 1. The van der Waals surface area contributed by atoms with Crippen molar-refractivity contribution in [2.75, 3.05) is 7.11 Å². The van der Waals surface area contributed by atoms with E-state index in [0.29, 0.717) is 0 Å². The zero-order chi connectivity index (χ0) is 5.86. The number of carbonyl (C=O) groups is 1. The van der Waals surface area contributed by atoms with Crippen molar-refractivity contribution in [1.29, 1.82) is 0 Å². The van der Waals surface area contributed by atoms with Crippen molar-refractivity contribution in [2.45, 2.75) is 6.43 Å². The summed E-state index contributed by atoms with van der Waals surface area (Å²) < 4.78 is 25.5. The van der Waals surface area contributed by atoms with Crippen molar-refractivity contribution in [1.82, 2.24) is 0 Å². The Labute approximate surface area is 105 Å². The van der Waals surface area contributed by atoms with Gasteiger partial charge in [-0.15, -0.1) is 12.4 Å². The van der Waals surface area contributed by atoms with Gasteiger partial charge in [0.2, 0.25) is 0 Å². The van der Waals surface area contributed by atoms with Crippen LogP contribution in [0.1, 0.15) is 0 Å². The van der Waals surface area contributed by atoms with E-state index in [-0.39, 0.29) is 68.5 Å². The van der Waals surface area contributed by atoms with Crippen LogP contribution in [0.5, 0.6) is 0 Å². The van der Waals surface area contributed by atoms with Gasteiger partial charge >= 0.3 is 63.8 Å². The molecule has 0 radical (unpaired) electrons. The van der Waals surface area contributed by atoms with Gasteiger partial charge in [-0.2, -0.15) is 8.78 Å². The average Bonchev–Trinajstić information content (AvgIpc) is 1.65. The predicted molar refractivity (Wildman–Crippen MR) is 34.9 cm³/mol. The fourth-order valence-corrected chi connectivity index (χ4v) is 0.0891. The van der Waals surface area contributed by atoms with Gasteiger partial charge in [0.15, 0.2) is 0 Å². The first kappa shape index (κ1) is 22.5. The topological polar surface area (TPSA) is 26.3 Å². The van der Waals surface area contributed by atoms with Gasteiger partial charge in [0, 0.05) is 0 Å². The van der Waals surface area contributed by atoms with E-state index in [1.54, 1.807) is 0 Å². The monoisotopic (exact) mass is 206 g/mol. The van der Waals surface area contributed by atoms with E-state index < -0.39 is 12.4 Å².